The van der Waals surface area contributed by atoms with Crippen molar-refractivity contribution in [3.8, 4) is 0 Å². The Labute approximate surface area is 220 Å². The van der Waals surface area contributed by atoms with Crippen molar-refractivity contribution in [2.75, 3.05) is 20.7 Å². The highest BCUT2D eigenvalue weighted by Crippen LogP contribution is 2.40. The van der Waals surface area contributed by atoms with Gasteiger partial charge < -0.3 is 9.64 Å². The minimum absolute atomic E-state index is 0.150. The molecule has 1 unspecified atom stereocenters. The number of ether oxygens (including phenoxy) is 1. The number of aromatic nitrogens is 2. The van der Waals surface area contributed by atoms with Gasteiger partial charge in [0.05, 0.1) is 22.6 Å². The fraction of sp³-hybridized carbons (Fsp3) is 0.269. The van der Waals surface area contributed by atoms with Crippen molar-refractivity contribution in [1.82, 2.24) is 14.7 Å². The van der Waals surface area contributed by atoms with Gasteiger partial charge in [0.2, 0.25) is 0 Å². The van der Waals surface area contributed by atoms with E-state index in [1.165, 1.54) is 12.1 Å². The molecule has 5 rings (SSSR count). The number of ketones is 1. The average molecular weight is 605 g/mol. The Bertz CT molecular complexity index is 1480. The molecule has 1 saturated heterocycles. The van der Waals surface area contributed by atoms with Gasteiger partial charge in [0.1, 0.15) is 11.7 Å². The van der Waals surface area contributed by atoms with Crippen molar-refractivity contribution in [2.45, 2.75) is 25.5 Å². The van der Waals surface area contributed by atoms with Gasteiger partial charge >= 0.3 is 0 Å². The maximum absolute atomic E-state index is 14.8. The van der Waals surface area contributed by atoms with Gasteiger partial charge in [0.25, 0.3) is 0 Å². The fourth-order valence-electron chi connectivity index (χ4n) is 4.37. The summed E-state index contributed by atoms with van der Waals surface area (Å²) in [6, 6.07) is 10.2. The number of hydrogen-bond acceptors (Lipinski definition) is 4. The summed E-state index contributed by atoms with van der Waals surface area (Å²) in [4.78, 5) is 20.4. The first kappa shape index (κ1) is 24.1. The van der Waals surface area contributed by atoms with Crippen LogP contribution in [0.25, 0.3) is 21.7 Å². The van der Waals surface area contributed by atoms with Gasteiger partial charge in [-0.05, 0) is 71.5 Å². The standard InChI is InChI=1S/C26H23ClFIN4O2/c1-32(2)14-30-25-17(12-21(29)16-6-5-7-19(27)23(16)25)26(34)15-9-10-20(28)24-18(15)13-33(31-24)22-8-3-4-11-35-22/h5-7,9-10,12-14,22H,3-4,8,11H2,1-2H3/b30-14+. The van der Waals surface area contributed by atoms with Gasteiger partial charge in [-0.25, -0.2) is 14.1 Å². The van der Waals surface area contributed by atoms with Crippen LogP contribution < -0.4 is 0 Å². The summed E-state index contributed by atoms with van der Waals surface area (Å²) in [5.41, 5.74) is 1.37. The summed E-state index contributed by atoms with van der Waals surface area (Å²) in [5, 5.41) is 7.00. The quantitative estimate of drug-likeness (QED) is 0.110. The highest BCUT2D eigenvalue weighted by atomic mass is 127. The topological polar surface area (TPSA) is 59.7 Å². The highest BCUT2D eigenvalue weighted by Gasteiger charge is 2.25. The molecule has 0 saturated carbocycles. The number of benzene rings is 3. The van der Waals surface area contributed by atoms with E-state index in [0.717, 1.165) is 28.2 Å². The van der Waals surface area contributed by atoms with Crippen molar-refractivity contribution >= 4 is 73.7 Å². The van der Waals surface area contributed by atoms with Crippen LogP contribution in [0.2, 0.25) is 5.02 Å². The number of hydrogen-bond donors (Lipinski definition) is 0. The summed E-state index contributed by atoms with van der Waals surface area (Å²) in [5.74, 6) is -0.752. The SMILES string of the molecule is CN(C)/C=N/c1c(C(=O)c2ccc(F)c3nn(C4CCCCO4)cc23)cc(I)c2cccc(Cl)c12. The molecule has 0 amide bonds. The van der Waals surface area contributed by atoms with Crippen LogP contribution in [0.15, 0.2) is 47.6 Å². The minimum atomic E-state index is -0.479. The molecule has 9 heteroatoms. The number of fused-ring (bicyclic) bond motifs is 2. The van der Waals surface area contributed by atoms with E-state index in [4.69, 9.17) is 16.3 Å². The van der Waals surface area contributed by atoms with E-state index in [0.29, 0.717) is 39.2 Å². The number of carbonyl (C=O) groups is 1. The monoisotopic (exact) mass is 604 g/mol. The zero-order valence-corrected chi connectivity index (χ0v) is 22.2. The van der Waals surface area contributed by atoms with E-state index < -0.39 is 5.82 Å². The number of carbonyl (C=O) groups excluding carboxylic acids is 1. The largest absolute Gasteiger partial charge is 0.369 e. The first-order valence-corrected chi connectivity index (χ1v) is 12.8. The number of halogens is 3. The minimum Gasteiger partial charge on any atom is -0.369 e. The molecule has 1 fully saturated rings. The van der Waals surface area contributed by atoms with Crippen LogP contribution in [0, 0.1) is 9.39 Å². The van der Waals surface area contributed by atoms with Crippen molar-refractivity contribution in [1.29, 1.82) is 0 Å². The molecule has 1 aliphatic heterocycles. The number of nitrogens with zero attached hydrogens (tertiary/aromatic N) is 4. The molecule has 2 heterocycles. The van der Waals surface area contributed by atoms with Gasteiger partial charge in [-0.2, -0.15) is 5.10 Å². The molecular weight excluding hydrogens is 582 g/mol. The van der Waals surface area contributed by atoms with Crippen LogP contribution in [-0.2, 0) is 4.74 Å². The predicted octanol–water partition coefficient (Wildman–Crippen LogP) is 6.74. The summed E-state index contributed by atoms with van der Waals surface area (Å²) < 4.78 is 23.1. The Morgan fingerprint density at radius 1 is 1.26 bits per heavy atom. The van der Waals surface area contributed by atoms with Crippen molar-refractivity contribution in [3.63, 3.8) is 0 Å². The summed E-state index contributed by atoms with van der Waals surface area (Å²) in [7, 11) is 3.71. The van der Waals surface area contributed by atoms with E-state index in [1.54, 1.807) is 28.2 Å². The van der Waals surface area contributed by atoms with Gasteiger partial charge in [0.15, 0.2) is 11.6 Å². The first-order valence-electron chi connectivity index (χ1n) is 11.3. The lowest BCUT2D eigenvalue weighted by atomic mass is 9.95. The van der Waals surface area contributed by atoms with E-state index >= 15 is 0 Å². The predicted molar refractivity (Wildman–Crippen MR) is 145 cm³/mol. The molecule has 1 aliphatic rings. The molecule has 35 heavy (non-hydrogen) atoms. The Kier molecular flexibility index (Phi) is 6.78. The smallest absolute Gasteiger partial charge is 0.196 e. The third-order valence-electron chi connectivity index (χ3n) is 6.04. The molecule has 0 aliphatic carbocycles. The van der Waals surface area contributed by atoms with Crippen LogP contribution in [0.3, 0.4) is 0 Å². The fourth-order valence-corrected chi connectivity index (χ4v) is 5.39. The Balaban J connectivity index is 1.71. The highest BCUT2D eigenvalue weighted by molar-refractivity contribution is 14.1. The van der Waals surface area contributed by atoms with Crippen molar-refractivity contribution in [3.05, 3.63) is 68.1 Å². The van der Waals surface area contributed by atoms with Crippen LogP contribution in [0.5, 0.6) is 0 Å². The van der Waals surface area contributed by atoms with Gasteiger partial charge in [0, 0.05) is 46.8 Å². The molecule has 0 bridgehead atoms. The van der Waals surface area contributed by atoms with Crippen molar-refractivity contribution in [2.24, 2.45) is 4.99 Å². The molecule has 1 aromatic heterocycles. The van der Waals surface area contributed by atoms with Gasteiger partial charge in [-0.3, -0.25) is 4.79 Å². The molecule has 0 spiro atoms. The van der Waals surface area contributed by atoms with Crippen LogP contribution >= 0.6 is 34.2 Å². The first-order chi connectivity index (χ1) is 16.8. The third-order valence-corrected chi connectivity index (χ3v) is 7.24. The molecule has 0 N–H and O–H groups in total. The molecule has 1 atom stereocenters. The molecule has 180 valence electrons. The van der Waals surface area contributed by atoms with Crippen LogP contribution in [-0.4, -0.2) is 47.5 Å². The molecule has 6 nitrogen and oxygen atoms in total. The van der Waals surface area contributed by atoms with Crippen LogP contribution in [0.4, 0.5) is 10.1 Å². The van der Waals surface area contributed by atoms with E-state index in [1.807, 2.05) is 32.3 Å². The lowest BCUT2D eigenvalue weighted by Crippen LogP contribution is -2.18. The molecule has 0 radical (unpaired) electrons. The Morgan fingerprint density at radius 3 is 2.83 bits per heavy atom. The van der Waals surface area contributed by atoms with E-state index in [-0.39, 0.29) is 17.5 Å². The Morgan fingerprint density at radius 2 is 2.09 bits per heavy atom. The van der Waals surface area contributed by atoms with E-state index in [2.05, 4.69) is 32.7 Å². The lowest BCUT2D eigenvalue weighted by molar-refractivity contribution is -0.0391. The summed E-state index contributed by atoms with van der Waals surface area (Å²) >= 11 is 8.80. The zero-order valence-electron chi connectivity index (χ0n) is 19.3. The van der Waals surface area contributed by atoms with Gasteiger partial charge in [-0.15, -0.1) is 0 Å². The normalized spacial score (nSPS) is 16.4. The zero-order chi connectivity index (χ0) is 24.7. The number of aliphatic imine (C=N–C) groups is 1. The van der Waals surface area contributed by atoms with E-state index in [9.17, 15) is 9.18 Å². The second kappa shape index (κ2) is 9.83. The van der Waals surface area contributed by atoms with Gasteiger partial charge in [-0.1, -0.05) is 23.7 Å². The second-order valence-corrected chi connectivity index (χ2v) is 10.3. The Hall–Kier alpha value is -2.56. The maximum Gasteiger partial charge on any atom is 0.196 e. The summed E-state index contributed by atoms with van der Waals surface area (Å²) in [6.45, 7) is 0.638. The van der Waals surface area contributed by atoms with Crippen molar-refractivity contribution < 1.29 is 13.9 Å². The van der Waals surface area contributed by atoms with Crippen LogP contribution in [0.1, 0.15) is 41.4 Å². The lowest BCUT2D eigenvalue weighted by Gasteiger charge is -2.22. The number of rotatable bonds is 5. The second-order valence-electron chi connectivity index (χ2n) is 8.74. The maximum atomic E-state index is 14.8. The molecule has 3 aromatic carbocycles. The molecular formula is C26H23ClFIN4O2. The average Bonchev–Trinajstić information content (AvgIpc) is 3.30. The molecule has 4 aromatic rings. The third kappa shape index (κ3) is 4.54. The summed E-state index contributed by atoms with van der Waals surface area (Å²) in [6.07, 6.45) is 5.89.